The minimum Gasteiger partial charge on any atom is -0.374 e. The average molecular weight is 674 g/mol. The van der Waals surface area contributed by atoms with Gasteiger partial charge in [0.25, 0.3) is 0 Å². The van der Waals surface area contributed by atoms with Crippen molar-refractivity contribution in [3.05, 3.63) is 239 Å². The van der Waals surface area contributed by atoms with Gasteiger partial charge in [0.1, 0.15) is 0 Å². The number of hydrogen-bond acceptors (Lipinski definition) is 1. The fourth-order valence-corrected chi connectivity index (χ4v) is 9.37. The molecule has 1 aliphatic heterocycles. The molecule has 7 aromatic carbocycles. The Balaban J connectivity index is 1.05. The van der Waals surface area contributed by atoms with Crippen LogP contribution in [0, 0.1) is 0 Å². The molecule has 1 unspecified atom stereocenters. The molecule has 0 bridgehead atoms. The van der Waals surface area contributed by atoms with Gasteiger partial charge in [0, 0.05) is 5.70 Å². The van der Waals surface area contributed by atoms with Gasteiger partial charge in [0.2, 0.25) is 0 Å². The Morgan fingerprint density at radius 3 is 1.68 bits per heavy atom. The standard InChI is InChI=1S/C52H35N/c1-3-13-34(14-4-1)38-28-30-48-45(31-38)42-29-27-39(32-49(42)52(48)46-20-10-7-17-40(46)41-18-8-11-21-47(41)52)35-23-25-37(26-24-35)51-33-44(36-15-5-2-6-16-36)43-19-9-12-22-50(43)53-51/h1-33,50,53H. The lowest BCUT2D eigenvalue weighted by Crippen LogP contribution is -2.31. The van der Waals surface area contributed by atoms with Gasteiger partial charge in [0.15, 0.2) is 0 Å². The van der Waals surface area contributed by atoms with E-state index in [1.807, 2.05) is 0 Å². The van der Waals surface area contributed by atoms with Crippen molar-refractivity contribution in [2.24, 2.45) is 0 Å². The van der Waals surface area contributed by atoms with Crippen molar-refractivity contribution in [2.45, 2.75) is 11.5 Å². The number of hydrogen-bond donors (Lipinski definition) is 1. The topological polar surface area (TPSA) is 12.0 Å². The first-order valence-corrected chi connectivity index (χ1v) is 18.6. The monoisotopic (exact) mass is 673 g/mol. The first kappa shape index (κ1) is 30.0. The van der Waals surface area contributed by atoms with E-state index < -0.39 is 0 Å². The molecule has 1 spiro atoms. The van der Waals surface area contributed by atoms with Crippen LogP contribution in [0.2, 0.25) is 0 Å². The fourth-order valence-electron chi connectivity index (χ4n) is 9.37. The van der Waals surface area contributed by atoms with Gasteiger partial charge in [0.05, 0.1) is 11.5 Å². The molecular formula is C52H35N. The molecule has 0 radical (unpaired) electrons. The van der Waals surface area contributed by atoms with Gasteiger partial charge in [-0.25, -0.2) is 0 Å². The van der Waals surface area contributed by atoms with Crippen molar-refractivity contribution in [3.63, 3.8) is 0 Å². The molecule has 7 aromatic rings. The fraction of sp³-hybridized carbons (Fsp3) is 0.0385. The number of rotatable bonds is 4. The van der Waals surface area contributed by atoms with Gasteiger partial charge in [-0.15, -0.1) is 0 Å². The van der Waals surface area contributed by atoms with Gasteiger partial charge in [-0.3, -0.25) is 0 Å². The third kappa shape index (κ3) is 4.44. The third-order valence-corrected chi connectivity index (χ3v) is 11.7. The molecule has 0 saturated carbocycles. The van der Waals surface area contributed by atoms with Crippen LogP contribution < -0.4 is 5.32 Å². The molecule has 4 aliphatic rings. The minimum absolute atomic E-state index is 0.143. The van der Waals surface area contributed by atoms with Crippen LogP contribution in [0.15, 0.2) is 206 Å². The maximum Gasteiger partial charge on any atom is 0.0725 e. The zero-order chi connectivity index (χ0) is 34.9. The van der Waals surface area contributed by atoms with Crippen molar-refractivity contribution in [1.82, 2.24) is 5.32 Å². The summed E-state index contributed by atoms with van der Waals surface area (Å²) in [5.41, 5.74) is 21.4. The molecule has 1 N–H and O–H groups in total. The smallest absolute Gasteiger partial charge is 0.0725 e. The van der Waals surface area contributed by atoms with Crippen molar-refractivity contribution >= 4 is 11.3 Å². The summed E-state index contributed by atoms with van der Waals surface area (Å²) in [6.07, 6.45) is 11.1. The highest BCUT2D eigenvalue weighted by atomic mass is 14.9. The lowest BCUT2D eigenvalue weighted by molar-refractivity contribution is 0.794. The minimum atomic E-state index is -0.389. The van der Waals surface area contributed by atoms with E-state index in [0.717, 1.165) is 5.70 Å². The predicted octanol–water partition coefficient (Wildman–Crippen LogP) is 12.3. The van der Waals surface area contributed by atoms with E-state index in [0.29, 0.717) is 0 Å². The van der Waals surface area contributed by atoms with Crippen LogP contribution in [-0.2, 0) is 5.41 Å². The van der Waals surface area contributed by atoms with E-state index in [4.69, 9.17) is 0 Å². The molecule has 1 nitrogen and oxygen atoms in total. The van der Waals surface area contributed by atoms with E-state index in [-0.39, 0.29) is 11.5 Å². The van der Waals surface area contributed by atoms with Crippen LogP contribution >= 0.6 is 0 Å². The Labute approximate surface area is 310 Å². The molecule has 1 atom stereocenters. The predicted molar refractivity (Wildman–Crippen MR) is 220 cm³/mol. The second kappa shape index (κ2) is 11.7. The van der Waals surface area contributed by atoms with E-state index >= 15 is 0 Å². The Hall–Kier alpha value is -6.70. The van der Waals surface area contributed by atoms with E-state index in [1.165, 1.54) is 89.0 Å². The Morgan fingerprint density at radius 2 is 0.943 bits per heavy atom. The third-order valence-electron chi connectivity index (χ3n) is 11.7. The summed E-state index contributed by atoms with van der Waals surface area (Å²) in [7, 11) is 0. The van der Waals surface area contributed by atoms with Crippen molar-refractivity contribution < 1.29 is 0 Å². The number of nitrogens with one attached hydrogen (secondary N) is 1. The van der Waals surface area contributed by atoms with Crippen LogP contribution in [0.25, 0.3) is 55.8 Å². The van der Waals surface area contributed by atoms with Crippen LogP contribution in [0.1, 0.15) is 33.4 Å². The largest absolute Gasteiger partial charge is 0.374 e. The van der Waals surface area contributed by atoms with Gasteiger partial charge >= 0.3 is 0 Å². The highest BCUT2D eigenvalue weighted by Gasteiger charge is 2.51. The van der Waals surface area contributed by atoms with Gasteiger partial charge < -0.3 is 5.32 Å². The maximum atomic E-state index is 3.81. The highest BCUT2D eigenvalue weighted by Crippen LogP contribution is 2.63. The van der Waals surface area contributed by atoms with Crippen molar-refractivity contribution in [3.8, 4) is 44.5 Å². The Morgan fingerprint density at radius 1 is 0.396 bits per heavy atom. The highest BCUT2D eigenvalue weighted by molar-refractivity contribution is 5.97. The zero-order valence-corrected chi connectivity index (χ0v) is 29.1. The molecule has 0 saturated heterocycles. The van der Waals surface area contributed by atoms with Gasteiger partial charge in [-0.1, -0.05) is 182 Å². The first-order valence-electron chi connectivity index (χ1n) is 18.6. The van der Waals surface area contributed by atoms with Crippen molar-refractivity contribution in [2.75, 3.05) is 0 Å². The van der Waals surface area contributed by atoms with Crippen molar-refractivity contribution in [1.29, 1.82) is 0 Å². The molecule has 0 fully saturated rings. The summed E-state index contributed by atoms with van der Waals surface area (Å²) in [6.45, 7) is 0. The summed E-state index contributed by atoms with van der Waals surface area (Å²) in [4.78, 5) is 0. The second-order valence-electron chi connectivity index (χ2n) is 14.5. The molecule has 53 heavy (non-hydrogen) atoms. The molecule has 1 heterocycles. The van der Waals surface area contributed by atoms with Gasteiger partial charge in [-0.2, -0.15) is 0 Å². The molecule has 11 rings (SSSR count). The number of fused-ring (bicyclic) bond motifs is 11. The van der Waals surface area contributed by atoms with E-state index in [2.05, 4.69) is 206 Å². The number of benzene rings is 7. The van der Waals surface area contributed by atoms with Crippen LogP contribution in [0.4, 0.5) is 0 Å². The lowest BCUT2D eigenvalue weighted by Gasteiger charge is -2.31. The number of dihydropyridines is 1. The summed E-state index contributed by atoms with van der Waals surface area (Å²) >= 11 is 0. The first-order chi connectivity index (χ1) is 26.3. The molecule has 0 aromatic heterocycles. The molecule has 1 heteroatoms. The SMILES string of the molecule is C1=CC2=C(c3ccccc3)C=C(c3ccc(-c4ccc5c(c4)C4(c6ccccc6-c6ccccc64)c4ccc(-c6ccccc6)cc4-5)cc3)NC2C=C1. The normalized spacial score (nSPS) is 16.7. The van der Waals surface area contributed by atoms with Crippen LogP contribution in [0.5, 0.6) is 0 Å². The summed E-state index contributed by atoms with van der Waals surface area (Å²) in [6, 6.07) is 63.1. The molecule has 248 valence electrons. The summed E-state index contributed by atoms with van der Waals surface area (Å²) < 4.78 is 0. The Kier molecular flexibility index (Phi) is 6.60. The number of allylic oxidation sites excluding steroid dienone is 4. The zero-order valence-electron chi connectivity index (χ0n) is 29.1. The van der Waals surface area contributed by atoms with E-state index in [1.54, 1.807) is 0 Å². The molecule has 0 amide bonds. The van der Waals surface area contributed by atoms with Crippen LogP contribution in [-0.4, -0.2) is 6.04 Å². The molecular weight excluding hydrogens is 639 g/mol. The summed E-state index contributed by atoms with van der Waals surface area (Å²) in [5, 5.41) is 3.81. The summed E-state index contributed by atoms with van der Waals surface area (Å²) in [5.74, 6) is 0. The van der Waals surface area contributed by atoms with E-state index in [9.17, 15) is 0 Å². The molecule has 3 aliphatic carbocycles. The Bertz CT molecular complexity index is 2680. The lowest BCUT2D eigenvalue weighted by atomic mass is 9.70. The maximum absolute atomic E-state index is 3.81. The second-order valence-corrected chi connectivity index (χ2v) is 14.5. The van der Waals surface area contributed by atoms with Crippen LogP contribution in [0.3, 0.4) is 0 Å². The quantitative estimate of drug-likeness (QED) is 0.196. The van der Waals surface area contributed by atoms with Gasteiger partial charge in [-0.05, 0) is 107 Å². The average Bonchev–Trinajstić information content (AvgIpc) is 3.70.